The lowest BCUT2D eigenvalue weighted by molar-refractivity contribution is -0.107. The summed E-state index contributed by atoms with van der Waals surface area (Å²) >= 11 is 0. The topological polar surface area (TPSA) is 52.6 Å². The van der Waals surface area contributed by atoms with Crippen LogP contribution in [0, 0.1) is 0 Å². The van der Waals surface area contributed by atoms with Gasteiger partial charge in [-0.15, -0.1) is 6.58 Å². The maximum Gasteiger partial charge on any atom is 0.341 e. The summed E-state index contributed by atoms with van der Waals surface area (Å²) in [5, 5.41) is 0. The SMILES string of the molecule is C=CCC(C=O)P(=O)(OCC)OCC. The standard InChI is InChI=1S/C9H17O4P/c1-4-7-9(8-10)14(11,12-5-2)13-6-3/h4,8-9H,1,5-7H2,2-3H3. The lowest BCUT2D eigenvalue weighted by Gasteiger charge is -2.21. The normalized spacial score (nSPS) is 13.6. The quantitative estimate of drug-likeness (QED) is 0.358. The third-order valence-corrected chi connectivity index (χ3v) is 3.97. The van der Waals surface area contributed by atoms with Crippen LogP contribution in [0.15, 0.2) is 12.7 Å². The fourth-order valence-corrected chi connectivity index (χ4v) is 2.75. The summed E-state index contributed by atoms with van der Waals surface area (Å²) in [6.45, 7) is 7.44. The van der Waals surface area contributed by atoms with Crippen LogP contribution in [0.4, 0.5) is 0 Å². The number of allylic oxidation sites excluding steroid dienone is 1. The zero-order chi connectivity index (χ0) is 11.0. The molecule has 0 amide bonds. The largest absolute Gasteiger partial charge is 0.341 e. The first-order valence-electron chi connectivity index (χ1n) is 4.59. The Balaban J connectivity index is 4.65. The van der Waals surface area contributed by atoms with Gasteiger partial charge >= 0.3 is 7.60 Å². The molecule has 14 heavy (non-hydrogen) atoms. The lowest BCUT2D eigenvalue weighted by atomic mass is 10.3. The molecule has 0 N–H and O–H groups in total. The molecule has 0 bridgehead atoms. The monoisotopic (exact) mass is 220 g/mol. The highest BCUT2D eigenvalue weighted by atomic mass is 31.2. The number of rotatable bonds is 8. The molecule has 1 unspecified atom stereocenters. The highest BCUT2D eigenvalue weighted by Gasteiger charge is 2.34. The van der Waals surface area contributed by atoms with Gasteiger partial charge in [0.25, 0.3) is 0 Å². The van der Waals surface area contributed by atoms with Crippen molar-refractivity contribution in [3.05, 3.63) is 12.7 Å². The van der Waals surface area contributed by atoms with Gasteiger partial charge in [0, 0.05) is 0 Å². The summed E-state index contributed by atoms with van der Waals surface area (Å²) in [6.07, 6.45) is 2.44. The molecule has 0 radical (unpaired) electrons. The van der Waals surface area contributed by atoms with Crippen LogP contribution in [0.2, 0.25) is 0 Å². The summed E-state index contributed by atoms with van der Waals surface area (Å²) in [5.74, 6) is 0. The van der Waals surface area contributed by atoms with Gasteiger partial charge in [-0.2, -0.15) is 0 Å². The molecule has 5 heteroatoms. The van der Waals surface area contributed by atoms with Crippen LogP contribution in [0.5, 0.6) is 0 Å². The first kappa shape index (κ1) is 13.6. The Kier molecular flexibility index (Phi) is 6.71. The van der Waals surface area contributed by atoms with Gasteiger partial charge in [-0.05, 0) is 20.3 Å². The van der Waals surface area contributed by atoms with Crippen molar-refractivity contribution >= 4 is 13.9 Å². The number of aldehydes is 1. The number of carbonyl (C=O) groups is 1. The second-order valence-electron chi connectivity index (χ2n) is 2.60. The molecule has 0 saturated heterocycles. The molecule has 0 aromatic rings. The summed E-state index contributed by atoms with van der Waals surface area (Å²) in [7, 11) is -3.29. The Morgan fingerprint density at radius 1 is 1.36 bits per heavy atom. The Bertz CT molecular complexity index is 217. The molecule has 0 aromatic carbocycles. The van der Waals surface area contributed by atoms with Gasteiger partial charge in [-0.25, -0.2) is 0 Å². The Labute approximate surface area is 84.8 Å². The third-order valence-electron chi connectivity index (χ3n) is 1.59. The van der Waals surface area contributed by atoms with Crippen molar-refractivity contribution in [1.82, 2.24) is 0 Å². The minimum absolute atomic E-state index is 0.263. The molecule has 0 aliphatic carbocycles. The van der Waals surface area contributed by atoms with Crippen LogP contribution in [0.25, 0.3) is 0 Å². The lowest BCUT2D eigenvalue weighted by Crippen LogP contribution is -2.14. The minimum atomic E-state index is -3.29. The van der Waals surface area contributed by atoms with Crippen LogP contribution in [-0.4, -0.2) is 25.2 Å². The minimum Gasteiger partial charge on any atom is -0.308 e. The molecule has 0 aliphatic heterocycles. The molecular formula is C9H17O4P. The summed E-state index contributed by atoms with van der Waals surface area (Å²) in [4.78, 5) is 10.7. The molecule has 0 heterocycles. The Morgan fingerprint density at radius 2 is 1.86 bits per heavy atom. The predicted octanol–water partition coefficient (Wildman–Crippen LogP) is 2.40. The van der Waals surface area contributed by atoms with Crippen LogP contribution >= 0.6 is 7.60 Å². The first-order chi connectivity index (χ1) is 6.64. The van der Waals surface area contributed by atoms with Gasteiger partial charge in [0.05, 0.1) is 13.2 Å². The number of carbonyl (C=O) groups excluding carboxylic acids is 1. The van der Waals surface area contributed by atoms with E-state index < -0.39 is 13.3 Å². The van der Waals surface area contributed by atoms with Crippen LogP contribution in [0.3, 0.4) is 0 Å². The third kappa shape index (κ3) is 3.74. The fraction of sp³-hybridized carbons (Fsp3) is 0.667. The number of hydrogen-bond donors (Lipinski definition) is 0. The van der Waals surface area contributed by atoms with Gasteiger partial charge in [0.1, 0.15) is 11.9 Å². The Morgan fingerprint density at radius 3 is 2.14 bits per heavy atom. The maximum absolute atomic E-state index is 12.0. The average Bonchev–Trinajstić information content (AvgIpc) is 2.14. The van der Waals surface area contributed by atoms with Gasteiger partial charge in [-0.1, -0.05) is 6.08 Å². The molecule has 0 spiro atoms. The van der Waals surface area contributed by atoms with Crippen LogP contribution in [0.1, 0.15) is 20.3 Å². The van der Waals surface area contributed by atoms with Crippen molar-refractivity contribution < 1.29 is 18.4 Å². The van der Waals surface area contributed by atoms with Crippen molar-refractivity contribution in [2.45, 2.75) is 25.9 Å². The maximum atomic E-state index is 12.0. The van der Waals surface area contributed by atoms with E-state index in [1.54, 1.807) is 13.8 Å². The number of hydrogen-bond acceptors (Lipinski definition) is 4. The summed E-state index contributed by atoms with van der Waals surface area (Å²) < 4.78 is 22.1. The fourth-order valence-electron chi connectivity index (χ4n) is 1.02. The van der Waals surface area contributed by atoms with Crippen molar-refractivity contribution in [3.8, 4) is 0 Å². The second-order valence-corrected chi connectivity index (χ2v) is 4.86. The molecule has 82 valence electrons. The van der Waals surface area contributed by atoms with E-state index in [4.69, 9.17) is 9.05 Å². The highest BCUT2D eigenvalue weighted by Crippen LogP contribution is 2.53. The van der Waals surface area contributed by atoms with Crippen molar-refractivity contribution in [2.75, 3.05) is 13.2 Å². The van der Waals surface area contributed by atoms with Gasteiger partial charge < -0.3 is 13.8 Å². The van der Waals surface area contributed by atoms with Crippen molar-refractivity contribution in [2.24, 2.45) is 0 Å². The zero-order valence-electron chi connectivity index (χ0n) is 8.64. The summed E-state index contributed by atoms with van der Waals surface area (Å²) in [6, 6.07) is 0. The van der Waals surface area contributed by atoms with E-state index in [0.717, 1.165) is 0 Å². The molecular weight excluding hydrogens is 203 g/mol. The van der Waals surface area contributed by atoms with Crippen LogP contribution in [-0.2, 0) is 18.4 Å². The average molecular weight is 220 g/mol. The van der Waals surface area contributed by atoms with Gasteiger partial charge in [0.2, 0.25) is 0 Å². The second kappa shape index (κ2) is 6.93. The molecule has 0 saturated carbocycles. The Hall–Kier alpha value is -0.440. The molecule has 0 aliphatic rings. The van der Waals surface area contributed by atoms with Crippen molar-refractivity contribution in [3.63, 3.8) is 0 Å². The molecule has 0 fully saturated rings. The highest BCUT2D eigenvalue weighted by molar-refractivity contribution is 7.55. The molecule has 1 atom stereocenters. The summed E-state index contributed by atoms with van der Waals surface area (Å²) in [5.41, 5.74) is -0.736. The molecule has 4 nitrogen and oxygen atoms in total. The zero-order valence-corrected chi connectivity index (χ0v) is 9.54. The predicted molar refractivity (Wildman–Crippen MR) is 55.5 cm³/mol. The molecule has 0 aromatic heterocycles. The van der Waals surface area contributed by atoms with E-state index in [0.29, 0.717) is 12.7 Å². The first-order valence-corrected chi connectivity index (χ1v) is 6.20. The van der Waals surface area contributed by atoms with Gasteiger partial charge in [-0.3, -0.25) is 4.57 Å². The molecule has 0 rings (SSSR count). The van der Waals surface area contributed by atoms with Crippen LogP contribution < -0.4 is 0 Å². The van der Waals surface area contributed by atoms with E-state index in [1.165, 1.54) is 6.08 Å². The van der Waals surface area contributed by atoms with E-state index in [-0.39, 0.29) is 13.2 Å². The van der Waals surface area contributed by atoms with Crippen molar-refractivity contribution in [1.29, 1.82) is 0 Å². The van der Waals surface area contributed by atoms with E-state index in [2.05, 4.69) is 6.58 Å². The van der Waals surface area contributed by atoms with Gasteiger partial charge in [0.15, 0.2) is 0 Å². The smallest absolute Gasteiger partial charge is 0.308 e. The van der Waals surface area contributed by atoms with E-state index in [9.17, 15) is 9.36 Å². The van der Waals surface area contributed by atoms with E-state index in [1.807, 2.05) is 0 Å². The van der Waals surface area contributed by atoms with E-state index >= 15 is 0 Å².